The first-order valence-electron chi connectivity index (χ1n) is 6.83. The van der Waals surface area contributed by atoms with Gasteiger partial charge in [0.25, 0.3) is 0 Å². The maximum absolute atomic E-state index is 13.2. The standard InChI is InChI=1S/C15H18FN3O/c1-10-14(9-17-12-6-7-12)15(19(2)18-10)20-13-5-3-4-11(16)8-13/h3-5,8,12,17H,6-7,9H2,1-2H3. The van der Waals surface area contributed by atoms with Gasteiger partial charge in [0.2, 0.25) is 5.88 Å². The Balaban J connectivity index is 1.83. The minimum Gasteiger partial charge on any atom is -0.439 e. The first-order chi connectivity index (χ1) is 9.63. The average Bonchev–Trinajstić information content (AvgIpc) is 3.17. The van der Waals surface area contributed by atoms with Crippen molar-refractivity contribution in [2.24, 2.45) is 7.05 Å². The third-order valence-electron chi connectivity index (χ3n) is 3.44. The van der Waals surface area contributed by atoms with E-state index >= 15 is 0 Å². The number of hydrogen-bond donors (Lipinski definition) is 1. The summed E-state index contributed by atoms with van der Waals surface area (Å²) in [7, 11) is 1.84. The van der Waals surface area contributed by atoms with Crippen molar-refractivity contribution in [2.75, 3.05) is 0 Å². The van der Waals surface area contributed by atoms with E-state index in [4.69, 9.17) is 4.74 Å². The van der Waals surface area contributed by atoms with Crippen molar-refractivity contribution in [1.29, 1.82) is 0 Å². The molecule has 0 aliphatic heterocycles. The Morgan fingerprint density at radius 2 is 2.25 bits per heavy atom. The molecule has 0 amide bonds. The molecule has 1 aliphatic rings. The van der Waals surface area contributed by atoms with Crippen molar-refractivity contribution >= 4 is 0 Å². The Kier molecular flexibility index (Phi) is 3.44. The summed E-state index contributed by atoms with van der Waals surface area (Å²) in [6.45, 7) is 2.69. The molecule has 0 spiro atoms. The average molecular weight is 275 g/mol. The fourth-order valence-corrected chi connectivity index (χ4v) is 2.19. The van der Waals surface area contributed by atoms with Crippen molar-refractivity contribution in [3.8, 4) is 11.6 Å². The van der Waals surface area contributed by atoms with Crippen LogP contribution in [-0.4, -0.2) is 15.8 Å². The van der Waals surface area contributed by atoms with Crippen LogP contribution in [0.25, 0.3) is 0 Å². The molecule has 0 radical (unpaired) electrons. The second-order valence-electron chi connectivity index (χ2n) is 5.21. The monoisotopic (exact) mass is 275 g/mol. The predicted molar refractivity (Wildman–Crippen MR) is 74.3 cm³/mol. The second-order valence-corrected chi connectivity index (χ2v) is 5.21. The molecule has 1 heterocycles. The summed E-state index contributed by atoms with van der Waals surface area (Å²) in [6.07, 6.45) is 2.47. The molecule has 0 bridgehead atoms. The molecule has 0 saturated heterocycles. The molecule has 1 N–H and O–H groups in total. The molecule has 4 nitrogen and oxygen atoms in total. The summed E-state index contributed by atoms with van der Waals surface area (Å²) in [5.74, 6) is 0.848. The van der Waals surface area contributed by atoms with Gasteiger partial charge in [-0.15, -0.1) is 0 Å². The van der Waals surface area contributed by atoms with Crippen molar-refractivity contribution in [1.82, 2.24) is 15.1 Å². The van der Waals surface area contributed by atoms with E-state index in [1.165, 1.54) is 25.0 Å². The van der Waals surface area contributed by atoms with Gasteiger partial charge in [0.05, 0.1) is 11.3 Å². The van der Waals surface area contributed by atoms with Crippen LogP contribution in [0.3, 0.4) is 0 Å². The molecule has 20 heavy (non-hydrogen) atoms. The number of rotatable bonds is 5. The van der Waals surface area contributed by atoms with Gasteiger partial charge in [0, 0.05) is 25.7 Å². The summed E-state index contributed by atoms with van der Waals surface area (Å²) >= 11 is 0. The second kappa shape index (κ2) is 5.25. The fourth-order valence-electron chi connectivity index (χ4n) is 2.19. The Morgan fingerprint density at radius 1 is 1.45 bits per heavy atom. The van der Waals surface area contributed by atoms with E-state index in [0.29, 0.717) is 17.7 Å². The molecule has 2 aromatic rings. The summed E-state index contributed by atoms with van der Waals surface area (Å²) in [6, 6.07) is 6.77. The van der Waals surface area contributed by atoms with Gasteiger partial charge in [0.15, 0.2) is 0 Å². The van der Waals surface area contributed by atoms with Gasteiger partial charge >= 0.3 is 0 Å². The predicted octanol–water partition coefficient (Wildman–Crippen LogP) is 2.91. The zero-order valence-corrected chi connectivity index (χ0v) is 11.7. The van der Waals surface area contributed by atoms with Crippen molar-refractivity contribution in [3.63, 3.8) is 0 Å². The lowest BCUT2D eigenvalue weighted by Gasteiger charge is -2.09. The van der Waals surface area contributed by atoms with Crippen LogP contribution in [0, 0.1) is 12.7 Å². The Labute approximate surface area is 117 Å². The summed E-state index contributed by atoms with van der Waals surface area (Å²) in [5.41, 5.74) is 1.97. The largest absolute Gasteiger partial charge is 0.439 e. The molecule has 1 saturated carbocycles. The summed E-state index contributed by atoms with van der Waals surface area (Å²) in [4.78, 5) is 0. The van der Waals surface area contributed by atoms with E-state index in [1.54, 1.807) is 16.8 Å². The molecule has 1 aliphatic carbocycles. The maximum Gasteiger partial charge on any atom is 0.222 e. The molecular weight excluding hydrogens is 257 g/mol. The van der Waals surface area contributed by atoms with Gasteiger partial charge in [-0.3, -0.25) is 0 Å². The van der Waals surface area contributed by atoms with E-state index in [1.807, 2.05) is 14.0 Å². The topological polar surface area (TPSA) is 39.1 Å². The number of ether oxygens (including phenoxy) is 1. The van der Waals surface area contributed by atoms with E-state index in [0.717, 1.165) is 17.8 Å². The lowest BCUT2D eigenvalue weighted by atomic mass is 10.2. The highest BCUT2D eigenvalue weighted by Crippen LogP contribution is 2.28. The first kappa shape index (κ1) is 13.1. The molecule has 106 valence electrons. The van der Waals surface area contributed by atoms with E-state index in [2.05, 4.69) is 10.4 Å². The van der Waals surface area contributed by atoms with Gasteiger partial charge in [0.1, 0.15) is 11.6 Å². The SMILES string of the molecule is Cc1nn(C)c(Oc2cccc(F)c2)c1CNC1CC1. The molecule has 1 aromatic carbocycles. The Hall–Kier alpha value is -1.88. The van der Waals surface area contributed by atoms with E-state index in [9.17, 15) is 4.39 Å². The molecule has 1 fully saturated rings. The number of nitrogens with one attached hydrogen (secondary N) is 1. The molecule has 0 unspecified atom stereocenters. The zero-order valence-electron chi connectivity index (χ0n) is 11.7. The lowest BCUT2D eigenvalue weighted by Crippen LogP contribution is -2.16. The number of benzene rings is 1. The number of halogens is 1. The van der Waals surface area contributed by atoms with Gasteiger partial charge < -0.3 is 10.1 Å². The lowest BCUT2D eigenvalue weighted by molar-refractivity contribution is 0.420. The van der Waals surface area contributed by atoms with Crippen LogP contribution >= 0.6 is 0 Å². The van der Waals surface area contributed by atoms with Crippen molar-refractivity contribution < 1.29 is 9.13 Å². The highest BCUT2D eigenvalue weighted by atomic mass is 19.1. The summed E-state index contributed by atoms with van der Waals surface area (Å²) in [5, 5.41) is 7.84. The van der Waals surface area contributed by atoms with Crippen LogP contribution in [0.1, 0.15) is 24.1 Å². The Morgan fingerprint density at radius 3 is 2.95 bits per heavy atom. The zero-order chi connectivity index (χ0) is 14.1. The molecule has 1 aromatic heterocycles. The highest BCUT2D eigenvalue weighted by molar-refractivity contribution is 5.35. The van der Waals surface area contributed by atoms with Crippen LogP contribution < -0.4 is 10.1 Å². The van der Waals surface area contributed by atoms with Crippen LogP contribution in [0.15, 0.2) is 24.3 Å². The third-order valence-corrected chi connectivity index (χ3v) is 3.44. The molecular formula is C15H18FN3O. The van der Waals surface area contributed by atoms with Gasteiger partial charge in [-0.1, -0.05) is 6.07 Å². The minimum atomic E-state index is -0.306. The highest BCUT2D eigenvalue weighted by Gasteiger charge is 2.23. The van der Waals surface area contributed by atoms with Gasteiger partial charge in [-0.2, -0.15) is 5.10 Å². The van der Waals surface area contributed by atoms with Crippen LogP contribution in [0.5, 0.6) is 11.6 Å². The minimum absolute atomic E-state index is 0.306. The Bertz CT molecular complexity index is 620. The van der Waals surface area contributed by atoms with Crippen LogP contribution in [0.4, 0.5) is 4.39 Å². The molecule has 0 atom stereocenters. The van der Waals surface area contributed by atoms with Crippen LogP contribution in [0.2, 0.25) is 0 Å². The third kappa shape index (κ3) is 2.82. The number of aryl methyl sites for hydroxylation is 2. The number of nitrogens with zero attached hydrogens (tertiary/aromatic N) is 2. The van der Waals surface area contributed by atoms with Gasteiger partial charge in [-0.25, -0.2) is 9.07 Å². The van der Waals surface area contributed by atoms with E-state index in [-0.39, 0.29) is 5.82 Å². The van der Waals surface area contributed by atoms with Crippen molar-refractivity contribution in [2.45, 2.75) is 32.4 Å². The number of aromatic nitrogens is 2. The fraction of sp³-hybridized carbons (Fsp3) is 0.400. The smallest absolute Gasteiger partial charge is 0.222 e. The van der Waals surface area contributed by atoms with E-state index < -0.39 is 0 Å². The molecule has 5 heteroatoms. The quantitative estimate of drug-likeness (QED) is 0.912. The normalized spacial score (nSPS) is 14.6. The van der Waals surface area contributed by atoms with Gasteiger partial charge in [-0.05, 0) is 31.9 Å². The summed E-state index contributed by atoms with van der Waals surface area (Å²) < 4.78 is 20.7. The van der Waals surface area contributed by atoms with Crippen molar-refractivity contribution in [3.05, 3.63) is 41.3 Å². The van der Waals surface area contributed by atoms with Crippen LogP contribution in [-0.2, 0) is 13.6 Å². The first-order valence-corrected chi connectivity index (χ1v) is 6.83. The number of hydrogen-bond acceptors (Lipinski definition) is 3. The molecule has 3 rings (SSSR count). The maximum atomic E-state index is 13.2.